The van der Waals surface area contributed by atoms with Crippen LogP contribution in [0.4, 0.5) is 5.82 Å². The average molecular weight is 251 g/mol. The lowest BCUT2D eigenvalue weighted by Crippen LogP contribution is -2.46. The number of nitrogens with one attached hydrogen (secondary N) is 1. The van der Waals surface area contributed by atoms with E-state index in [1.165, 1.54) is 22.5 Å². The number of hydrogen-bond donors (Lipinski definition) is 1. The molecule has 96 valence electrons. The van der Waals surface area contributed by atoms with Crippen LogP contribution in [0, 0.1) is 0 Å². The van der Waals surface area contributed by atoms with Crippen molar-refractivity contribution in [3.63, 3.8) is 0 Å². The maximum atomic E-state index is 4.64. The Hall–Kier alpha value is -1.87. The quantitative estimate of drug-likeness (QED) is 0.777. The molecule has 1 fully saturated rings. The first-order valence-corrected chi connectivity index (χ1v) is 6.92. The molecular weight excluding hydrogens is 234 g/mol. The van der Waals surface area contributed by atoms with Crippen molar-refractivity contribution in [3.05, 3.63) is 59.3 Å². The van der Waals surface area contributed by atoms with Gasteiger partial charge in [-0.2, -0.15) is 0 Å². The third-order valence-electron chi connectivity index (χ3n) is 4.18. The van der Waals surface area contributed by atoms with Crippen LogP contribution in [0.15, 0.2) is 42.6 Å². The van der Waals surface area contributed by atoms with Crippen LogP contribution in [0.5, 0.6) is 0 Å². The van der Waals surface area contributed by atoms with Crippen LogP contribution in [-0.4, -0.2) is 24.6 Å². The molecule has 0 unspecified atom stereocenters. The average Bonchev–Trinajstić information content (AvgIpc) is 2.62. The molecule has 0 aliphatic carbocycles. The summed E-state index contributed by atoms with van der Waals surface area (Å²) in [7, 11) is 0. The van der Waals surface area contributed by atoms with E-state index < -0.39 is 0 Å². The number of piperazine rings is 1. The Balaban J connectivity index is 1.92. The lowest BCUT2D eigenvalue weighted by Gasteiger charge is -2.37. The normalized spacial score (nSPS) is 21.1. The van der Waals surface area contributed by atoms with Crippen molar-refractivity contribution in [2.75, 3.05) is 24.5 Å². The van der Waals surface area contributed by atoms with E-state index in [1.54, 1.807) is 0 Å². The minimum absolute atomic E-state index is 0.418. The summed E-state index contributed by atoms with van der Waals surface area (Å²) in [6.07, 6.45) is 2.90. The number of benzene rings is 1. The standard InChI is InChI=1S/C16H17N3/c1-2-6-14-12(4-1)10-13-5-3-7-18-16(13)19-9-8-17-11-15(14)19/h1-7,15,17H,8-11H2/t15-/m1/s1. The van der Waals surface area contributed by atoms with Gasteiger partial charge in [0.15, 0.2) is 0 Å². The molecule has 0 saturated carbocycles. The summed E-state index contributed by atoms with van der Waals surface area (Å²) in [5.74, 6) is 1.17. The number of anilines is 1. The van der Waals surface area contributed by atoms with E-state index >= 15 is 0 Å². The van der Waals surface area contributed by atoms with Gasteiger partial charge in [-0.25, -0.2) is 4.98 Å². The first kappa shape index (κ1) is 11.0. The topological polar surface area (TPSA) is 28.2 Å². The van der Waals surface area contributed by atoms with Crippen LogP contribution in [-0.2, 0) is 6.42 Å². The molecule has 19 heavy (non-hydrogen) atoms. The van der Waals surface area contributed by atoms with Gasteiger partial charge in [0.1, 0.15) is 5.82 Å². The summed E-state index contributed by atoms with van der Waals surface area (Å²) in [5.41, 5.74) is 4.24. The van der Waals surface area contributed by atoms with Gasteiger partial charge in [-0.05, 0) is 22.8 Å². The summed E-state index contributed by atoms with van der Waals surface area (Å²) in [5, 5.41) is 3.51. The second kappa shape index (κ2) is 4.35. The Bertz CT molecular complexity index is 555. The molecule has 3 heterocycles. The van der Waals surface area contributed by atoms with Crippen LogP contribution in [0.2, 0.25) is 0 Å². The molecule has 1 saturated heterocycles. The lowest BCUT2D eigenvalue weighted by atomic mass is 9.96. The Morgan fingerprint density at radius 3 is 3.00 bits per heavy atom. The Labute approximate surface area is 113 Å². The molecule has 0 spiro atoms. The molecule has 2 aliphatic rings. The van der Waals surface area contributed by atoms with Crippen molar-refractivity contribution >= 4 is 5.82 Å². The summed E-state index contributed by atoms with van der Waals surface area (Å²) in [4.78, 5) is 7.11. The lowest BCUT2D eigenvalue weighted by molar-refractivity contribution is 0.487. The van der Waals surface area contributed by atoms with E-state index in [0.717, 1.165) is 26.1 Å². The Kier molecular flexibility index (Phi) is 2.52. The van der Waals surface area contributed by atoms with E-state index in [1.807, 2.05) is 12.3 Å². The molecule has 1 aromatic carbocycles. The number of nitrogens with zero attached hydrogens (tertiary/aromatic N) is 2. The van der Waals surface area contributed by atoms with Gasteiger partial charge in [0.05, 0.1) is 6.04 Å². The molecule has 2 aliphatic heterocycles. The van der Waals surface area contributed by atoms with E-state index in [4.69, 9.17) is 0 Å². The fourth-order valence-electron chi connectivity index (χ4n) is 3.29. The third kappa shape index (κ3) is 1.73. The molecule has 1 atom stereocenters. The predicted molar refractivity (Wildman–Crippen MR) is 76.4 cm³/mol. The zero-order valence-electron chi connectivity index (χ0n) is 10.8. The van der Waals surface area contributed by atoms with Gasteiger partial charge in [-0.3, -0.25) is 0 Å². The molecule has 1 aromatic heterocycles. The maximum Gasteiger partial charge on any atom is 0.132 e. The Morgan fingerprint density at radius 2 is 2.00 bits per heavy atom. The summed E-state index contributed by atoms with van der Waals surface area (Å²) >= 11 is 0. The van der Waals surface area contributed by atoms with Gasteiger partial charge >= 0.3 is 0 Å². The third-order valence-corrected chi connectivity index (χ3v) is 4.18. The van der Waals surface area contributed by atoms with E-state index in [2.05, 4.69) is 45.5 Å². The molecule has 4 rings (SSSR count). The van der Waals surface area contributed by atoms with E-state index in [-0.39, 0.29) is 0 Å². The first-order valence-electron chi connectivity index (χ1n) is 6.92. The highest BCUT2D eigenvalue weighted by atomic mass is 15.3. The smallest absolute Gasteiger partial charge is 0.132 e. The van der Waals surface area contributed by atoms with E-state index in [0.29, 0.717) is 6.04 Å². The van der Waals surface area contributed by atoms with Gasteiger partial charge in [0.2, 0.25) is 0 Å². The number of fused-ring (bicyclic) bond motifs is 5. The molecule has 1 N–H and O–H groups in total. The molecule has 0 bridgehead atoms. The van der Waals surface area contributed by atoms with Gasteiger partial charge in [0.25, 0.3) is 0 Å². The minimum Gasteiger partial charge on any atom is -0.347 e. The zero-order chi connectivity index (χ0) is 12.7. The number of rotatable bonds is 0. The molecule has 3 nitrogen and oxygen atoms in total. The highest BCUT2D eigenvalue weighted by Gasteiger charge is 2.30. The molecule has 2 aromatic rings. The highest BCUT2D eigenvalue weighted by Crippen LogP contribution is 2.36. The highest BCUT2D eigenvalue weighted by molar-refractivity contribution is 5.56. The van der Waals surface area contributed by atoms with Crippen molar-refractivity contribution < 1.29 is 0 Å². The second-order valence-electron chi connectivity index (χ2n) is 5.28. The maximum absolute atomic E-state index is 4.64. The molecule has 3 heteroatoms. The summed E-state index contributed by atoms with van der Waals surface area (Å²) in [6.45, 7) is 3.07. The van der Waals surface area contributed by atoms with Crippen LogP contribution in [0.25, 0.3) is 0 Å². The Morgan fingerprint density at radius 1 is 1.11 bits per heavy atom. The second-order valence-corrected chi connectivity index (χ2v) is 5.28. The zero-order valence-corrected chi connectivity index (χ0v) is 10.8. The van der Waals surface area contributed by atoms with E-state index in [9.17, 15) is 0 Å². The molecule has 0 amide bonds. The summed E-state index contributed by atoms with van der Waals surface area (Å²) in [6, 6.07) is 13.5. The number of pyridine rings is 1. The van der Waals surface area contributed by atoms with Gasteiger partial charge in [-0.1, -0.05) is 30.3 Å². The van der Waals surface area contributed by atoms with Crippen molar-refractivity contribution in [2.24, 2.45) is 0 Å². The van der Waals surface area contributed by atoms with Gasteiger partial charge in [0, 0.05) is 32.3 Å². The fourth-order valence-corrected chi connectivity index (χ4v) is 3.29. The number of aromatic nitrogens is 1. The van der Waals surface area contributed by atoms with Crippen molar-refractivity contribution in [2.45, 2.75) is 12.5 Å². The van der Waals surface area contributed by atoms with Gasteiger partial charge in [-0.15, -0.1) is 0 Å². The summed E-state index contributed by atoms with van der Waals surface area (Å²) < 4.78 is 0. The monoisotopic (exact) mass is 251 g/mol. The van der Waals surface area contributed by atoms with Crippen LogP contribution in [0.1, 0.15) is 22.7 Å². The largest absolute Gasteiger partial charge is 0.347 e. The van der Waals surface area contributed by atoms with Crippen LogP contribution in [0.3, 0.4) is 0 Å². The van der Waals surface area contributed by atoms with Crippen LogP contribution < -0.4 is 10.2 Å². The molecular formula is C16H17N3. The predicted octanol–water partition coefficient (Wildman–Crippen LogP) is 2.14. The molecule has 0 radical (unpaired) electrons. The first-order chi connectivity index (χ1) is 9.43. The SMILES string of the molecule is c1ccc2c(c1)Cc1cccnc1N1CCNC[C@H]21. The van der Waals surface area contributed by atoms with Gasteiger partial charge < -0.3 is 10.2 Å². The van der Waals surface area contributed by atoms with Crippen molar-refractivity contribution in [3.8, 4) is 0 Å². The fraction of sp³-hybridized carbons (Fsp3) is 0.312. The van der Waals surface area contributed by atoms with Crippen molar-refractivity contribution in [1.29, 1.82) is 0 Å². The van der Waals surface area contributed by atoms with Crippen LogP contribution >= 0.6 is 0 Å². The van der Waals surface area contributed by atoms with Crippen molar-refractivity contribution in [1.82, 2.24) is 10.3 Å². The minimum atomic E-state index is 0.418. The number of hydrogen-bond acceptors (Lipinski definition) is 3.